The first-order valence-corrected chi connectivity index (χ1v) is 8.82. The molecule has 0 aliphatic carbocycles. The first-order valence-electron chi connectivity index (χ1n) is 8.82. The van der Waals surface area contributed by atoms with Gasteiger partial charge in [-0.05, 0) is 31.5 Å². The molecular weight excluding hydrogens is 364 g/mol. The Morgan fingerprint density at radius 2 is 1.64 bits per heavy atom. The minimum Gasteiger partial charge on any atom is -0.477 e. The number of esters is 2. The molecule has 0 aliphatic heterocycles. The van der Waals surface area contributed by atoms with Crippen LogP contribution in [0.15, 0.2) is 47.5 Å². The number of carbonyl (C=O) groups excluding carboxylic acids is 2. The molecule has 0 bridgehead atoms. The van der Waals surface area contributed by atoms with Gasteiger partial charge in [0.25, 0.3) is 0 Å². The van der Waals surface area contributed by atoms with E-state index in [-0.39, 0.29) is 25.5 Å². The third-order valence-corrected chi connectivity index (χ3v) is 3.80. The molecule has 0 saturated carbocycles. The van der Waals surface area contributed by atoms with Crippen LogP contribution >= 0.6 is 0 Å². The molecule has 1 aromatic heterocycles. The summed E-state index contributed by atoms with van der Waals surface area (Å²) in [6, 6.07) is 12.2. The van der Waals surface area contributed by atoms with E-state index in [1.807, 2.05) is 30.3 Å². The molecule has 8 heteroatoms. The SMILES string of the molecule is CCOC(=O)C(C=Nc1ccc(C(=O)O)n1Cc1ccccc1)C(=O)OCC. The van der Waals surface area contributed by atoms with Crippen LogP contribution in [0.1, 0.15) is 29.9 Å². The molecule has 0 fully saturated rings. The fourth-order valence-electron chi connectivity index (χ4n) is 2.52. The smallest absolute Gasteiger partial charge is 0.352 e. The molecule has 0 saturated heterocycles. The second kappa shape index (κ2) is 10.1. The maximum atomic E-state index is 12.1. The summed E-state index contributed by atoms with van der Waals surface area (Å²) >= 11 is 0. The summed E-state index contributed by atoms with van der Waals surface area (Å²) < 4.78 is 11.3. The Hall–Kier alpha value is -3.42. The van der Waals surface area contributed by atoms with Gasteiger partial charge in [0.1, 0.15) is 11.5 Å². The molecule has 8 nitrogen and oxygen atoms in total. The van der Waals surface area contributed by atoms with Gasteiger partial charge in [-0.3, -0.25) is 9.59 Å². The Morgan fingerprint density at radius 1 is 1.04 bits per heavy atom. The van der Waals surface area contributed by atoms with Gasteiger partial charge in [-0.15, -0.1) is 0 Å². The van der Waals surface area contributed by atoms with Crippen LogP contribution in [0.25, 0.3) is 0 Å². The highest BCUT2D eigenvalue weighted by Gasteiger charge is 2.28. The van der Waals surface area contributed by atoms with Crippen molar-refractivity contribution >= 4 is 29.9 Å². The summed E-state index contributed by atoms with van der Waals surface area (Å²) in [6.45, 7) is 3.74. The summed E-state index contributed by atoms with van der Waals surface area (Å²) in [4.78, 5) is 39.8. The van der Waals surface area contributed by atoms with Crippen molar-refractivity contribution in [2.24, 2.45) is 10.9 Å². The molecule has 0 unspecified atom stereocenters. The predicted molar refractivity (Wildman–Crippen MR) is 102 cm³/mol. The zero-order chi connectivity index (χ0) is 20.5. The molecule has 28 heavy (non-hydrogen) atoms. The molecular formula is C20H22N2O6. The van der Waals surface area contributed by atoms with Crippen molar-refractivity contribution in [3.63, 3.8) is 0 Å². The van der Waals surface area contributed by atoms with E-state index in [9.17, 15) is 19.5 Å². The van der Waals surface area contributed by atoms with Gasteiger partial charge in [-0.25, -0.2) is 9.79 Å². The van der Waals surface area contributed by atoms with Crippen molar-refractivity contribution in [2.75, 3.05) is 13.2 Å². The number of rotatable bonds is 9. The molecule has 0 spiro atoms. The summed E-state index contributed by atoms with van der Waals surface area (Å²) in [6.07, 6.45) is 1.12. The fourth-order valence-corrected chi connectivity index (χ4v) is 2.52. The van der Waals surface area contributed by atoms with Gasteiger partial charge in [0.2, 0.25) is 0 Å². The van der Waals surface area contributed by atoms with Crippen LogP contribution in [0.3, 0.4) is 0 Å². The van der Waals surface area contributed by atoms with Crippen molar-refractivity contribution in [1.82, 2.24) is 4.57 Å². The number of aliphatic imine (C=N–C) groups is 1. The molecule has 0 amide bonds. The van der Waals surface area contributed by atoms with E-state index >= 15 is 0 Å². The Morgan fingerprint density at radius 3 is 2.18 bits per heavy atom. The molecule has 1 N–H and O–H groups in total. The lowest BCUT2D eigenvalue weighted by Crippen LogP contribution is -2.29. The monoisotopic (exact) mass is 386 g/mol. The number of hydrogen-bond acceptors (Lipinski definition) is 6. The highest BCUT2D eigenvalue weighted by Crippen LogP contribution is 2.20. The van der Waals surface area contributed by atoms with Crippen LogP contribution in [0.5, 0.6) is 0 Å². The van der Waals surface area contributed by atoms with E-state index in [0.29, 0.717) is 5.82 Å². The average Bonchev–Trinajstić information content (AvgIpc) is 3.06. The fraction of sp³-hybridized carbons (Fsp3) is 0.300. The van der Waals surface area contributed by atoms with Gasteiger partial charge < -0.3 is 19.1 Å². The van der Waals surface area contributed by atoms with E-state index in [0.717, 1.165) is 11.8 Å². The van der Waals surface area contributed by atoms with Crippen LogP contribution < -0.4 is 0 Å². The Bertz CT molecular complexity index is 839. The summed E-state index contributed by atoms with van der Waals surface area (Å²) in [5.74, 6) is -3.69. The Balaban J connectivity index is 2.35. The summed E-state index contributed by atoms with van der Waals surface area (Å²) in [5, 5.41) is 9.43. The van der Waals surface area contributed by atoms with Crippen LogP contribution in [0.2, 0.25) is 0 Å². The first-order chi connectivity index (χ1) is 13.5. The number of aromatic nitrogens is 1. The quantitative estimate of drug-likeness (QED) is 0.403. The van der Waals surface area contributed by atoms with Crippen LogP contribution in [-0.4, -0.2) is 47.0 Å². The van der Waals surface area contributed by atoms with E-state index in [1.54, 1.807) is 13.8 Å². The number of aromatic carboxylic acids is 1. The minimum atomic E-state index is -1.33. The largest absolute Gasteiger partial charge is 0.477 e. The second-order valence-electron chi connectivity index (χ2n) is 5.71. The van der Waals surface area contributed by atoms with Crippen molar-refractivity contribution in [3.8, 4) is 0 Å². The first kappa shape index (κ1) is 20.9. The molecule has 0 atom stereocenters. The lowest BCUT2D eigenvalue weighted by Gasteiger charge is -2.11. The number of carboxylic acid groups (broad SMARTS) is 1. The minimum absolute atomic E-state index is 0.0415. The standard InChI is InChI=1S/C20H22N2O6/c1-3-27-19(25)15(20(26)28-4-2)12-21-17-11-10-16(18(23)24)22(17)13-14-8-6-5-7-9-14/h5-12,15H,3-4,13H2,1-2H3,(H,23,24). The van der Waals surface area contributed by atoms with Crippen molar-refractivity contribution in [1.29, 1.82) is 0 Å². The predicted octanol–water partition coefficient (Wildman–Crippen LogP) is 2.68. The van der Waals surface area contributed by atoms with E-state index in [4.69, 9.17) is 9.47 Å². The van der Waals surface area contributed by atoms with E-state index in [1.165, 1.54) is 16.7 Å². The number of ether oxygens (including phenoxy) is 2. The highest BCUT2D eigenvalue weighted by molar-refractivity contribution is 6.09. The summed E-state index contributed by atoms with van der Waals surface area (Å²) in [5.41, 5.74) is 0.921. The van der Waals surface area contributed by atoms with Gasteiger partial charge >= 0.3 is 17.9 Å². The second-order valence-corrected chi connectivity index (χ2v) is 5.71. The topological polar surface area (TPSA) is 107 Å². The van der Waals surface area contributed by atoms with Crippen LogP contribution in [0, 0.1) is 5.92 Å². The number of nitrogens with zero attached hydrogens (tertiary/aromatic N) is 2. The van der Waals surface area contributed by atoms with Gasteiger partial charge in [-0.2, -0.15) is 0 Å². The van der Waals surface area contributed by atoms with Gasteiger partial charge in [0.05, 0.1) is 13.2 Å². The van der Waals surface area contributed by atoms with Crippen molar-refractivity contribution in [3.05, 3.63) is 53.7 Å². The molecule has 1 aromatic carbocycles. The van der Waals surface area contributed by atoms with Crippen LogP contribution in [-0.2, 0) is 25.6 Å². The zero-order valence-corrected chi connectivity index (χ0v) is 15.7. The van der Waals surface area contributed by atoms with Crippen molar-refractivity contribution in [2.45, 2.75) is 20.4 Å². The van der Waals surface area contributed by atoms with Crippen molar-refractivity contribution < 1.29 is 29.0 Å². The molecule has 0 aliphatic rings. The molecule has 2 rings (SSSR count). The number of hydrogen-bond donors (Lipinski definition) is 1. The third-order valence-electron chi connectivity index (χ3n) is 3.80. The lowest BCUT2D eigenvalue weighted by molar-refractivity contribution is -0.157. The number of benzene rings is 1. The Kier molecular flexibility index (Phi) is 7.50. The third kappa shape index (κ3) is 5.29. The molecule has 148 valence electrons. The molecule has 0 radical (unpaired) electrons. The zero-order valence-electron chi connectivity index (χ0n) is 15.7. The van der Waals surface area contributed by atoms with Gasteiger partial charge in [0.15, 0.2) is 5.92 Å². The number of carbonyl (C=O) groups is 3. The highest BCUT2D eigenvalue weighted by atomic mass is 16.6. The number of carboxylic acids is 1. The maximum Gasteiger partial charge on any atom is 0.352 e. The van der Waals surface area contributed by atoms with E-state index in [2.05, 4.69) is 4.99 Å². The average molecular weight is 386 g/mol. The van der Waals surface area contributed by atoms with Gasteiger partial charge in [0, 0.05) is 12.8 Å². The lowest BCUT2D eigenvalue weighted by atomic mass is 10.2. The normalized spacial score (nSPS) is 11.0. The maximum absolute atomic E-state index is 12.1. The Labute approximate surface area is 162 Å². The molecule has 1 heterocycles. The summed E-state index contributed by atoms with van der Waals surface area (Å²) in [7, 11) is 0. The van der Waals surface area contributed by atoms with E-state index < -0.39 is 23.8 Å². The van der Waals surface area contributed by atoms with Gasteiger partial charge in [-0.1, -0.05) is 30.3 Å². The van der Waals surface area contributed by atoms with Crippen LogP contribution in [0.4, 0.5) is 5.82 Å². The molecule has 2 aromatic rings.